The van der Waals surface area contributed by atoms with E-state index in [0.717, 1.165) is 27.9 Å². The number of hydrogen-bond donors (Lipinski definition) is 1. The van der Waals surface area contributed by atoms with E-state index in [-0.39, 0.29) is 5.91 Å². The third-order valence-corrected chi connectivity index (χ3v) is 5.34. The Morgan fingerprint density at radius 3 is 2.68 bits per heavy atom. The van der Waals surface area contributed by atoms with E-state index in [9.17, 15) is 4.79 Å². The largest absolute Gasteiger partial charge is 0.492 e. The van der Waals surface area contributed by atoms with Gasteiger partial charge in [0, 0.05) is 48.2 Å². The van der Waals surface area contributed by atoms with Gasteiger partial charge in [-0.2, -0.15) is 5.10 Å². The maximum atomic E-state index is 12.9. The minimum Gasteiger partial charge on any atom is -0.492 e. The van der Waals surface area contributed by atoms with Crippen molar-refractivity contribution in [3.05, 3.63) is 85.1 Å². The van der Waals surface area contributed by atoms with Crippen LogP contribution in [-0.4, -0.2) is 37.2 Å². The molecule has 168 valence electrons. The van der Waals surface area contributed by atoms with Gasteiger partial charge in [-0.15, -0.1) is 0 Å². The number of aryl methyl sites for hydroxylation is 1. The average Bonchev–Trinajstić information content (AvgIpc) is 3.26. The standard InChI is InChI=1S/C26H22N6O2/c1-3-34-23-13-21-19(12-22(23)30-26(33)18-10-7-11-27-14-18)25(29-16-28-21)20-15-32(2)31-24(20)17-8-5-4-6-9-17/h4-16H,3H2,1-2H3,(H,30,33). The fourth-order valence-electron chi connectivity index (χ4n) is 3.83. The zero-order valence-corrected chi connectivity index (χ0v) is 18.8. The van der Waals surface area contributed by atoms with Crippen molar-refractivity contribution in [3.63, 3.8) is 0 Å². The van der Waals surface area contributed by atoms with Crippen LogP contribution in [-0.2, 0) is 7.05 Å². The fraction of sp³-hybridized carbons (Fsp3) is 0.115. The van der Waals surface area contributed by atoms with Crippen LogP contribution in [0.3, 0.4) is 0 Å². The number of rotatable bonds is 6. The van der Waals surface area contributed by atoms with Crippen LogP contribution in [0.25, 0.3) is 33.4 Å². The monoisotopic (exact) mass is 450 g/mol. The van der Waals surface area contributed by atoms with Crippen molar-refractivity contribution in [2.24, 2.45) is 7.05 Å². The molecular formula is C26H22N6O2. The van der Waals surface area contributed by atoms with Crippen molar-refractivity contribution in [1.29, 1.82) is 0 Å². The lowest BCUT2D eigenvalue weighted by Crippen LogP contribution is -2.13. The Hall–Kier alpha value is -4.59. The third-order valence-electron chi connectivity index (χ3n) is 5.34. The molecule has 0 unspecified atom stereocenters. The van der Waals surface area contributed by atoms with Gasteiger partial charge in [-0.1, -0.05) is 30.3 Å². The van der Waals surface area contributed by atoms with Gasteiger partial charge in [0.25, 0.3) is 5.91 Å². The summed E-state index contributed by atoms with van der Waals surface area (Å²) in [5.41, 5.74) is 5.08. The topological polar surface area (TPSA) is 94.8 Å². The van der Waals surface area contributed by atoms with Crippen LogP contribution in [0.2, 0.25) is 0 Å². The van der Waals surface area contributed by atoms with E-state index in [1.807, 2.05) is 62.6 Å². The molecule has 5 aromatic rings. The summed E-state index contributed by atoms with van der Waals surface area (Å²) in [5, 5.41) is 8.41. The van der Waals surface area contributed by atoms with Gasteiger partial charge < -0.3 is 10.1 Å². The molecule has 1 N–H and O–H groups in total. The van der Waals surface area contributed by atoms with Crippen molar-refractivity contribution < 1.29 is 9.53 Å². The number of anilines is 1. The zero-order chi connectivity index (χ0) is 23.5. The second kappa shape index (κ2) is 9.11. The van der Waals surface area contributed by atoms with E-state index in [2.05, 4.69) is 25.4 Å². The van der Waals surface area contributed by atoms with Crippen LogP contribution in [0, 0.1) is 0 Å². The first-order chi connectivity index (χ1) is 16.6. The summed E-state index contributed by atoms with van der Waals surface area (Å²) in [6, 6.07) is 17.1. The Balaban J connectivity index is 1.66. The molecule has 0 aliphatic carbocycles. The SMILES string of the molecule is CCOc1cc2ncnc(-c3cn(C)nc3-c3ccccc3)c2cc1NC(=O)c1cccnc1. The number of amides is 1. The number of nitrogens with one attached hydrogen (secondary N) is 1. The first-order valence-corrected chi connectivity index (χ1v) is 10.9. The number of fused-ring (bicyclic) bond motifs is 1. The van der Waals surface area contributed by atoms with Crippen molar-refractivity contribution in [3.8, 4) is 28.3 Å². The third kappa shape index (κ3) is 4.09. The number of nitrogens with zero attached hydrogens (tertiary/aromatic N) is 5. The Morgan fingerprint density at radius 2 is 1.91 bits per heavy atom. The van der Waals surface area contributed by atoms with E-state index >= 15 is 0 Å². The lowest BCUT2D eigenvalue weighted by Gasteiger charge is -2.14. The summed E-state index contributed by atoms with van der Waals surface area (Å²) in [4.78, 5) is 25.9. The Bertz CT molecular complexity index is 1470. The molecule has 0 aliphatic rings. The summed E-state index contributed by atoms with van der Waals surface area (Å²) in [6.07, 6.45) is 6.62. The molecule has 0 radical (unpaired) electrons. The molecular weight excluding hydrogens is 428 g/mol. The fourth-order valence-corrected chi connectivity index (χ4v) is 3.83. The summed E-state index contributed by atoms with van der Waals surface area (Å²) < 4.78 is 7.59. The maximum absolute atomic E-state index is 12.9. The quantitative estimate of drug-likeness (QED) is 0.401. The summed E-state index contributed by atoms with van der Waals surface area (Å²) in [7, 11) is 1.88. The van der Waals surface area contributed by atoms with Crippen LogP contribution < -0.4 is 10.1 Å². The molecule has 0 bridgehead atoms. The molecule has 0 fully saturated rings. The number of carbonyl (C=O) groups excluding carboxylic acids is 1. The van der Waals surface area contributed by atoms with Gasteiger partial charge in [0.2, 0.25) is 0 Å². The summed E-state index contributed by atoms with van der Waals surface area (Å²) in [6.45, 7) is 2.34. The molecule has 3 heterocycles. The lowest BCUT2D eigenvalue weighted by atomic mass is 10.0. The molecule has 1 amide bonds. The predicted molar refractivity (Wildman–Crippen MR) is 131 cm³/mol. The van der Waals surface area contributed by atoms with Crippen molar-refractivity contribution >= 4 is 22.5 Å². The molecule has 34 heavy (non-hydrogen) atoms. The maximum Gasteiger partial charge on any atom is 0.257 e. The number of hydrogen-bond acceptors (Lipinski definition) is 6. The molecule has 0 spiro atoms. The molecule has 3 aromatic heterocycles. The Morgan fingerprint density at radius 1 is 1.06 bits per heavy atom. The van der Waals surface area contributed by atoms with Crippen LogP contribution in [0.5, 0.6) is 5.75 Å². The van der Waals surface area contributed by atoms with Crippen molar-refractivity contribution in [1.82, 2.24) is 24.7 Å². The van der Waals surface area contributed by atoms with E-state index in [1.165, 1.54) is 12.5 Å². The first-order valence-electron chi connectivity index (χ1n) is 10.9. The average molecular weight is 451 g/mol. The number of carbonyl (C=O) groups is 1. The van der Waals surface area contributed by atoms with Crippen LogP contribution >= 0.6 is 0 Å². The van der Waals surface area contributed by atoms with Crippen LogP contribution in [0.1, 0.15) is 17.3 Å². The number of benzene rings is 2. The van der Waals surface area contributed by atoms with Gasteiger partial charge in [0.15, 0.2) is 0 Å². The predicted octanol–water partition coefficient (Wildman–Crippen LogP) is 4.74. The number of ether oxygens (including phenoxy) is 1. The molecule has 0 aliphatic heterocycles. The van der Waals surface area contributed by atoms with Crippen molar-refractivity contribution in [2.45, 2.75) is 6.92 Å². The van der Waals surface area contributed by atoms with Gasteiger partial charge in [0.05, 0.1) is 29.1 Å². The zero-order valence-electron chi connectivity index (χ0n) is 18.8. The van der Waals surface area contributed by atoms with Gasteiger partial charge in [-0.25, -0.2) is 9.97 Å². The van der Waals surface area contributed by atoms with Gasteiger partial charge in [-0.3, -0.25) is 14.5 Å². The van der Waals surface area contributed by atoms with Gasteiger partial charge in [-0.05, 0) is 25.1 Å². The second-order valence-electron chi connectivity index (χ2n) is 7.65. The highest BCUT2D eigenvalue weighted by molar-refractivity contribution is 6.07. The molecule has 0 atom stereocenters. The normalized spacial score (nSPS) is 10.9. The highest BCUT2D eigenvalue weighted by atomic mass is 16.5. The van der Waals surface area contributed by atoms with Crippen LogP contribution in [0.15, 0.2) is 79.5 Å². The molecule has 8 nitrogen and oxygen atoms in total. The van der Waals surface area contributed by atoms with E-state index in [1.54, 1.807) is 23.0 Å². The summed E-state index contributed by atoms with van der Waals surface area (Å²) in [5.74, 6) is 0.254. The molecule has 8 heteroatoms. The lowest BCUT2D eigenvalue weighted by molar-refractivity contribution is 0.102. The smallest absolute Gasteiger partial charge is 0.257 e. The van der Waals surface area contributed by atoms with Crippen molar-refractivity contribution in [2.75, 3.05) is 11.9 Å². The van der Waals surface area contributed by atoms with Crippen LogP contribution in [0.4, 0.5) is 5.69 Å². The molecule has 5 rings (SSSR count). The number of aromatic nitrogens is 5. The van der Waals surface area contributed by atoms with Gasteiger partial charge >= 0.3 is 0 Å². The number of pyridine rings is 1. The highest BCUT2D eigenvalue weighted by Gasteiger charge is 2.19. The highest BCUT2D eigenvalue weighted by Crippen LogP contribution is 2.37. The summed E-state index contributed by atoms with van der Waals surface area (Å²) >= 11 is 0. The van der Waals surface area contributed by atoms with Gasteiger partial charge in [0.1, 0.15) is 17.8 Å². The Kier molecular flexibility index (Phi) is 5.70. The minimum atomic E-state index is -0.279. The first kappa shape index (κ1) is 21.3. The Labute approximate surface area is 196 Å². The van der Waals surface area contributed by atoms with E-state index < -0.39 is 0 Å². The molecule has 0 saturated heterocycles. The second-order valence-corrected chi connectivity index (χ2v) is 7.65. The molecule has 2 aromatic carbocycles. The molecule has 0 saturated carbocycles. The minimum absolute atomic E-state index is 0.279. The van der Waals surface area contributed by atoms with E-state index in [4.69, 9.17) is 4.74 Å². The van der Waals surface area contributed by atoms with E-state index in [0.29, 0.717) is 29.1 Å².